The van der Waals surface area contributed by atoms with Gasteiger partial charge in [0.05, 0.1) is 13.0 Å². The predicted octanol–water partition coefficient (Wildman–Crippen LogP) is 2.30. The molecule has 2 aliphatic heterocycles. The molecule has 6 nitrogen and oxygen atoms in total. The Balaban J connectivity index is 1.35. The highest BCUT2D eigenvalue weighted by Crippen LogP contribution is 2.19. The van der Waals surface area contributed by atoms with Crippen molar-refractivity contribution < 1.29 is 19.4 Å². The van der Waals surface area contributed by atoms with Crippen molar-refractivity contribution in [3.8, 4) is 5.75 Å². The zero-order valence-electron chi connectivity index (χ0n) is 17.0. The van der Waals surface area contributed by atoms with Crippen molar-refractivity contribution in [1.29, 1.82) is 0 Å². The number of aliphatic hydroxyl groups is 1. The number of carbonyl (C=O) groups is 1. The van der Waals surface area contributed by atoms with Crippen LogP contribution in [0, 0.1) is 5.92 Å². The maximum absolute atomic E-state index is 11.6. The summed E-state index contributed by atoms with van der Waals surface area (Å²) in [5.41, 5.74) is 1.31. The van der Waals surface area contributed by atoms with Crippen molar-refractivity contribution in [3.05, 3.63) is 29.8 Å². The van der Waals surface area contributed by atoms with Crippen LogP contribution in [0.25, 0.3) is 0 Å². The standard InChI is InChI=1S/C22H34N2O4/c1-27-22(26)19-9-13-24(14-10-19)16-20(25)17-28-21-7-5-18(6-8-21)15-23-11-3-2-4-12-23/h5-8,19-20,25H,2-4,9-17H2,1H3. The molecule has 6 heteroatoms. The molecule has 2 saturated heterocycles. The minimum absolute atomic E-state index is 0.00176. The van der Waals surface area contributed by atoms with E-state index in [1.807, 2.05) is 12.1 Å². The molecule has 0 spiro atoms. The maximum Gasteiger partial charge on any atom is 0.308 e. The predicted molar refractivity (Wildman–Crippen MR) is 108 cm³/mol. The molecule has 2 fully saturated rings. The number of hydrogen-bond donors (Lipinski definition) is 1. The van der Waals surface area contributed by atoms with Gasteiger partial charge >= 0.3 is 5.97 Å². The summed E-state index contributed by atoms with van der Waals surface area (Å²) >= 11 is 0. The molecular weight excluding hydrogens is 356 g/mol. The number of ether oxygens (including phenoxy) is 2. The highest BCUT2D eigenvalue weighted by atomic mass is 16.5. The molecule has 0 saturated carbocycles. The minimum Gasteiger partial charge on any atom is -0.491 e. The first-order valence-corrected chi connectivity index (χ1v) is 10.6. The van der Waals surface area contributed by atoms with Crippen molar-refractivity contribution in [1.82, 2.24) is 9.80 Å². The summed E-state index contributed by atoms with van der Waals surface area (Å²) in [7, 11) is 1.44. The fourth-order valence-electron chi connectivity index (χ4n) is 4.13. The van der Waals surface area contributed by atoms with E-state index in [0.29, 0.717) is 6.54 Å². The van der Waals surface area contributed by atoms with Gasteiger partial charge in [-0.3, -0.25) is 9.69 Å². The number of β-amino-alcohol motifs (C(OH)–C–C–N with tert-alkyl or cyclic N) is 1. The Kier molecular flexibility index (Phi) is 8.13. The highest BCUT2D eigenvalue weighted by Gasteiger charge is 2.26. The van der Waals surface area contributed by atoms with Crippen LogP contribution >= 0.6 is 0 Å². The maximum atomic E-state index is 11.6. The second-order valence-electron chi connectivity index (χ2n) is 8.04. The van der Waals surface area contributed by atoms with Crippen molar-refractivity contribution >= 4 is 5.97 Å². The molecule has 0 radical (unpaired) electrons. The zero-order chi connectivity index (χ0) is 19.8. The van der Waals surface area contributed by atoms with E-state index in [2.05, 4.69) is 21.9 Å². The number of hydrogen-bond acceptors (Lipinski definition) is 6. The SMILES string of the molecule is COC(=O)C1CCN(CC(O)COc2ccc(CN3CCCCC3)cc2)CC1. The van der Waals surface area contributed by atoms with Crippen LogP contribution < -0.4 is 4.74 Å². The van der Waals surface area contributed by atoms with E-state index < -0.39 is 6.10 Å². The minimum atomic E-state index is -0.539. The number of nitrogens with zero attached hydrogens (tertiary/aromatic N) is 2. The molecule has 3 rings (SSSR count). The van der Waals surface area contributed by atoms with Gasteiger partial charge in [0.2, 0.25) is 0 Å². The highest BCUT2D eigenvalue weighted by molar-refractivity contribution is 5.72. The van der Waals surface area contributed by atoms with Gasteiger partial charge in [0.25, 0.3) is 0 Å². The van der Waals surface area contributed by atoms with Crippen LogP contribution in [0.1, 0.15) is 37.7 Å². The molecule has 1 N–H and O–H groups in total. The fraction of sp³-hybridized carbons (Fsp3) is 0.682. The lowest BCUT2D eigenvalue weighted by Gasteiger charge is -2.31. The topological polar surface area (TPSA) is 62.2 Å². The average molecular weight is 391 g/mol. The summed E-state index contributed by atoms with van der Waals surface area (Å²) < 4.78 is 10.6. The number of methoxy groups -OCH3 is 1. The molecule has 1 aromatic carbocycles. The molecule has 0 aromatic heterocycles. The monoisotopic (exact) mass is 390 g/mol. The van der Waals surface area contributed by atoms with E-state index in [0.717, 1.165) is 38.2 Å². The normalized spacial score (nSPS) is 20.6. The van der Waals surface area contributed by atoms with Gasteiger partial charge in [-0.2, -0.15) is 0 Å². The second kappa shape index (κ2) is 10.8. The molecular formula is C22H34N2O4. The summed E-state index contributed by atoms with van der Waals surface area (Å²) in [6.45, 7) is 5.86. The molecule has 1 aromatic rings. The van der Waals surface area contributed by atoms with Gasteiger partial charge in [-0.05, 0) is 69.6 Å². The van der Waals surface area contributed by atoms with Crippen molar-refractivity contribution in [2.75, 3.05) is 46.4 Å². The Morgan fingerprint density at radius 2 is 1.75 bits per heavy atom. The molecule has 2 heterocycles. The molecule has 28 heavy (non-hydrogen) atoms. The van der Waals surface area contributed by atoms with E-state index in [4.69, 9.17) is 9.47 Å². The van der Waals surface area contributed by atoms with Crippen molar-refractivity contribution in [2.24, 2.45) is 5.92 Å². The molecule has 0 bridgehead atoms. The third-order valence-electron chi connectivity index (χ3n) is 5.81. The quantitative estimate of drug-likeness (QED) is 0.688. The van der Waals surface area contributed by atoms with Gasteiger partial charge < -0.3 is 19.5 Å². The Morgan fingerprint density at radius 1 is 1.07 bits per heavy atom. The van der Waals surface area contributed by atoms with Crippen LogP contribution in [0.15, 0.2) is 24.3 Å². The van der Waals surface area contributed by atoms with E-state index in [1.54, 1.807) is 0 Å². The number of esters is 1. The van der Waals surface area contributed by atoms with E-state index in [1.165, 1.54) is 45.0 Å². The van der Waals surface area contributed by atoms with Crippen molar-refractivity contribution in [2.45, 2.75) is 44.8 Å². The molecule has 156 valence electrons. The summed E-state index contributed by atoms with van der Waals surface area (Å²) in [6, 6.07) is 8.23. The second-order valence-corrected chi connectivity index (χ2v) is 8.04. The van der Waals surface area contributed by atoms with Crippen LogP contribution in [0.4, 0.5) is 0 Å². The van der Waals surface area contributed by atoms with Gasteiger partial charge in [-0.1, -0.05) is 18.6 Å². The number of rotatable bonds is 8. The van der Waals surface area contributed by atoms with Gasteiger partial charge in [0.1, 0.15) is 18.5 Å². The van der Waals surface area contributed by atoms with Gasteiger partial charge in [-0.15, -0.1) is 0 Å². The van der Waals surface area contributed by atoms with E-state index in [-0.39, 0.29) is 18.5 Å². The van der Waals surface area contributed by atoms with Crippen molar-refractivity contribution in [3.63, 3.8) is 0 Å². The Bertz CT molecular complexity index is 593. The van der Waals surface area contributed by atoms with Gasteiger partial charge in [0.15, 0.2) is 0 Å². The van der Waals surface area contributed by atoms with E-state index in [9.17, 15) is 9.90 Å². The fourth-order valence-corrected chi connectivity index (χ4v) is 4.13. The Labute approximate surface area is 168 Å². The third kappa shape index (κ3) is 6.47. The first-order valence-electron chi connectivity index (χ1n) is 10.6. The average Bonchev–Trinajstić information content (AvgIpc) is 2.74. The number of benzene rings is 1. The smallest absolute Gasteiger partial charge is 0.308 e. The number of carbonyl (C=O) groups excluding carboxylic acids is 1. The summed E-state index contributed by atoms with van der Waals surface area (Å²) in [5.74, 6) is 0.677. The van der Waals surface area contributed by atoms with Crippen LogP contribution in [0.3, 0.4) is 0 Å². The van der Waals surface area contributed by atoms with Gasteiger partial charge in [0, 0.05) is 13.1 Å². The Hall–Kier alpha value is -1.63. The molecule has 0 amide bonds. The summed E-state index contributed by atoms with van der Waals surface area (Å²) in [5, 5.41) is 10.3. The Morgan fingerprint density at radius 3 is 2.39 bits per heavy atom. The molecule has 1 atom stereocenters. The third-order valence-corrected chi connectivity index (χ3v) is 5.81. The lowest BCUT2D eigenvalue weighted by atomic mass is 9.97. The van der Waals surface area contributed by atoms with Crippen LogP contribution in [-0.2, 0) is 16.1 Å². The summed E-state index contributed by atoms with van der Waals surface area (Å²) in [6.07, 6.45) is 5.01. The largest absolute Gasteiger partial charge is 0.491 e. The molecule has 1 unspecified atom stereocenters. The first kappa shape index (κ1) is 21.1. The number of aliphatic hydroxyl groups excluding tert-OH is 1. The molecule has 0 aliphatic carbocycles. The zero-order valence-corrected chi connectivity index (χ0v) is 17.0. The molecule has 2 aliphatic rings. The lowest BCUT2D eigenvalue weighted by Crippen LogP contribution is -2.42. The number of piperidine rings is 2. The van der Waals surface area contributed by atoms with Gasteiger partial charge in [-0.25, -0.2) is 0 Å². The van der Waals surface area contributed by atoms with Crippen LogP contribution in [0.2, 0.25) is 0 Å². The number of likely N-dealkylation sites (tertiary alicyclic amines) is 2. The lowest BCUT2D eigenvalue weighted by molar-refractivity contribution is -0.147. The van der Waals surface area contributed by atoms with Crippen LogP contribution in [-0.4, -0.2) is 73.4 Å². The first-order chi connectivity index (χ1) is 13.6. The van der Waals surface area contributed by atoms with E-state index >= 15 is 0 Å². The van der Waals surface area contributed by atoms with Crippen LogP contribution in [0.5, 0.6) is 5.75 Å². The summed E-state index contributed by atoms with van der Waals surface area (Å²) in [4.78, 5) is 16.3.